The lowest BCUT2D eigenvalue weighted by Gasteiger charge is -2.25. The van der Waals surface area contributed by atoms with E-state index < -0.39 is 5.97 Å². The highest BCUT2D eigenvalue weighted by Gasteiger charge is 2.29. The first-order valence-electron chi connectivity index (χ1n) is 6.76. The predicted molar refractivity (Wildman–Crippen MR) is 77.6 cm³/mol. The minimum Gasteiger partial charge on any atom is -0.377 e. The van der Waals surface area contributed by atoms with E-state index in [1.807, 2.05) is 24.4 Å². The topological polar surface area (TPSA) is 41.9 Å². The molecule has 1 fully saturated rings. The van der Waals surface area contributed by atoms with Crippen molar-refractivity contribution in [3.05, 3.63) is 46.6 Å². The smallest absolute Gasteiger partial charge is 0.369 e. The van der Waals surface area contributed by atoms with E-state index in [1.54, 1.807) is 6.07 Å². The summed E-state index contributed by atoms with van der Waals surface area (Å²) in [7, 11) is 0. The second kappa shape index (κ2) is 5.67. The highest BCUT2D eigenvalue weighted by molar-refractivity contribution is 6.38. The maximum absolute atomic E-state index is 11.9. The van der Waals surface area contributed by atoms with E-state index >= 15 is 0 Å². The van der Waals surface area contributed by atoms with Gasteiger partial charge in [0.05, 0.1) is 5.02 Å². The molecule has 2 aliphatic rings. The normalized spacial score (nSPS) is 21.1. The van der Waals surface area contributed by atoms with Crippen molar-refractivity contribution in [2.75, 3.05) is 13.1 Å². The van der Waals surface area contributed by atoms with Crippen LogP contribution in [0.5, 0.6) is 0 Å². The van der Waals surface area contributed by atoms with E-state index in [1.165, 1.54) is 6.42 Å². The molecule has 0 unspecified atom stereocenters. The number of hydrogen-bond acceptors (Lipinski definition) is 4. The van der Waals surface area contributed by atoms with Gasteiger partial charge in [0, 0.05) is 24.9 Å². The van der Waals surface area contributed by atoms with E-state index in [0.717, 1.165) is 31.5 Å². The van der Waals surface area contributed by atoms with Crippen LogP contribution in [0.1, 0.15) is 24.8 Å². The Kier molecular flexibility index (Phi) is 3.74. The van der Waals surface area contributed by atoms with Crippen molar-refractivity contribution in [1.29, 1.82) is 0 Å². The first-order valence-corrected chi connectivity index (χ1v) is 7.14. The summed E-state index contributed by atoms with van der Waals surface area (Å²) in [5.74, 6) is -0.412. The van der Waals surface area contributed by atoms with E-state index in [-0.39, 0.29) is 0 Å². The Bertz CT molecular complexity index is 589. The van der Waals surface area contributed by atoms with Crippen LogP contribution in [0.25, 0.3) is 0 Å². The van der Waals surface area contributed by atoms with Gasteiger partial charge in [-0.05, 0) is 25.3 Å². The molecule has 4 nitrogen and oxygen atoms in total. The molecule has 0 N–H and O–H groups in total. The maximum atomic E-state index is 11.9. The Balaban J connectivity index is 1.92. The van der Waals surface area contributed by atoms with Crippen molar-refractivity contribution in [2.24, 2.45) is 5.16 Å². The summed E-state index contributed by atoms with van der Waals surface area (Å²) in [6.45, 7) is 1.93. The average Bonchev–Trinajstić information content (AvgIpc) is 2.82. The SMILES string of the molecule is O=C1ON=C(c2ccccc2Cl)/C1=C/N1CCCCC1. The van der Waals surface area contributed by atoms with Gasteiger partial charge in [0.1, 0.15) is 11.3 Å². The van der Waals surface area contributed by atoms with Gasteiger partial charge in [-0.1, -0.05) is 35.0 Å². The lowest BCUT2D eigenvalue weighted by molar-refractivity contribution is -0.136. The molecule has 0 bridgehead atoms. The summed E-state index contributed by atoms with van der Waals surface area (Å²) in [6, 6.07) is 7.33. The molecule has 1 saturated heterocycles. The summed E-state index contributed by atoms with van der Waals surface area (Å²) in [5.41, 5.74) is 1.73. The largest absolute Gasteiger partial charge is 0.377 e. The molecule has 3 rings (SSSR count). The number of likely N-dealkylation sites (tertiary alicyclic amines) is 1. The van der Waals surface area contributed by atoms with Crippen LogP contribution in [0.15, 0.2) is 41.2 Å². The molecule has 1 aromatic rings. The molecule has 2 heterocycles. The fraction of sp³-hybridized carbons (Fsp3) is 0.333. The third-order valence-electron chi connectivity index (χ3n) is 3.53. The van der Waals surface area contributed by atoms with E-state index in [9.17, 15) is 4.79 Å². The van der Waals surface area contributed by atoms with Gasteiger partial charge in [0.2, 0.25) is 0 Å². The summed E-state index contributed by atoms with van der Waals surface area (Å²) >= 11 is 6.17. The third-order valence-corrected chi connectivity index (χ3v) is 3.86. The molecular formula is C15H15ClN2O2. The number of halogens is 1. The molecule has 0 aromatic heterocycles. The summed E-state index contributed by atoms with van der Waals surface area (Å²) < 4.78 is 0. The number of benzene rings is 1. The van der Waals surface area contributed by atoms with Crippen LogP contribution < -0.4 is 0 Å². The van der Waals surface area contributed by atoms with E-state index in [4.69, 9.17) is 16.4 Å². The van der Waals surface area contributed by atoms with Crippen LogP contribution >= 0.6 is 11.6 Å². The van der Waals surface area contributed by atoms with Gasteiger partial charge in [-0.25, -0.2) is 4.79 Å². The molecule has 20 heavy (non-hydrogen) atoms. The Morgan fingerprint density at radius 2 is 1.95 bits per heavy atom. The molecular weight excluding hydrogens is 276 g/mol. The van der Waals surface area contributed by atoms with Crippen LogP contribution in [-0.2, 0) is 9.63 Å². The van der Waals surface area contributed by atoms with Gasteiger partial charge in [0.15, 0.2) is 0 Å². The molecule has 1 aromatic carbocycles. The summed E-state index contributed by atoms with van der Waals surface area (Å²) in [5, 5.41) is 4.45. The van der Waals surface area contributed by atoms with Crippen LogP contribution in [-0.4, -0.2) is 29.7 Å². The van der Waals surface area contributed by atoms with Gasteiger partial charge in [-0.15, -0.1) is 0 Å². The zero-order valence-electron chi connectivity index (χ0n) is 11.0. The molecule has 104 valence electrons. The summed E-state index contributed by atoms with van der Waals surface area (Å²) in [6.07, 6.45) is 5.40. The molecule has 0 spiro atoms. The first-order chi connectivity index (χ1) is 9.75. The zero-order chi connectivity index (χ0) is 13.9. The molecule has 0 radical (unpaired) electrons. The van der Waals surface area contributed by atoms with Crippen LogP contribution in [0.3, 0.4) is 0 Å². The quantitative estimate of drug-likeness (QED) is 0.621. The Labute approximate surface area is 122 Å². The number of nitrogens with zero attached hydrogens (tertiary/aromatic N) is 2. The van der Waals surface area contributed by atoms with Crippen molar-refractivity contribution in [3.63, 3.8) is 0 Å². The van der Waals surface area contributed by atoms with Gasteiger partial charge >= 0.3 is 5.97 Å². The standard InChI is InChI=1S/C15H15ClN2O2/c16-13-7-3-2-6-11(13)14-12(15(19)20-17-14)10-18-8-4-1-5-9-18/h2-3,6-7,10H,1,4-5,8-9H2/b12-10-. The van der Waals surface area contributed by atoms with E-state index in [2.05, 4.69) is 10.1 Å². The zero-order valence-corrected chi connectivity index (χ0v) is 11.8. The number of rotatable bonds is 2. The average molecular weight is 291 g/mol. The molecule has 0 atom stereocenters. The van der Waals surface area contributed by atoms with Gasteiger partial charge in [0.25, 0.3) is 0 Å². The third kappa shape index (κ3) is 2.56. The molecule has 0 saturated carbocycles. The maximum Gasteiger partial charge on any atom is 0.369 e. The van der Waals surface area contributed by atoms with Crippen LogP contribution in [0.4, 0.5) is 0 Å². The Morgan fingerprint density at radius 1 is 1.20 bits per heavy atom. The van der Waals surface area contributed by atoms with Gasteiger partial charge < -0.3 is 9.74 Å². The van der Waals surface area contributed by atoms with Crippen molar-refractivity contribution in [3.8, 4) is 0 Å². The van der Waals surface area contributed by atoms with Gasteiger partial charge in [-0.3, -0.25) is 0 Å². The number of carbonyl (C=O) groups excluding carboxylic acids is 1. The second-order valence-corrected chi connectivity index (χ2v) is 5.35. The van der Waals surface area contributed by atoms with Crippen molar-refractivity contribution < 1.29 is 9.63 Å². The highest BCUT2D eigenvalue weighted by atomic mass is 35.5. The van der Waals surface area contributed by atoms with Gasteiger partial charge in [-0.2, -0.15) is 0 Å². The first kappa shape index (κ1) is 13.2. The molecule has 5 heteroatoms. The minimum atomic E-state index is -0.412. The molecule has 2 aliphatic heterocycles. The van der Waals surface area contributed by atoms with Crippen LogP contribution in [0.2, 0.25) is 5.02 Å². The van der Waals surface area contributed by atoms with Crippen LogP contribution in [0, 0.1) is 0 Å². The lowest BCUT2D eigenvalue weighted by Crippen LogP contribution is -2.26. The number of piperidine rings is 1. The monoisotopic (exact) mass is 290 g/mol. The highest BCUT2D eigenvalue weighted by Crippen LogP contribution is 2.24. The fourth-order valence-electron chi connectivity index (χ4n) is 2.47. The fourth-order valence-corrected chi connectivity index (χ4v) is 2.70. The predicted octanol–water partition coefficient (Wildman–Crippen LogP) is 2.97. The Morgan fingerprint density at radius 3 is 2.70 bits per heavy atom. The van der Waals surface area contributed by atoms with Crippen molar-refractivity contribution in [2.45, 2.75) is 19.3 Å². The number of hydrogen-bond donors (Lipinski definition) is 0. The Hall–Kier alpha value is -1.81. The molecule has 0 amide bonds. The van der Waals surface area contributed by atoms with Crippen molar-refractivity contribution >= 4 is 23.3 Å². The van der Waals surface area contributed by atoms with E-state index in [0.29, 0.717) is 16.3 Å². The second-order valence-electron chi connectivity index (χ2n) is 4.94. The summed E-state index contributed by atoms with van der Waals surface area (Å²) in [4.78, 5) is 18.8. The molecule has 0 aliphatic carbocycles. The lowest BCUT2D eigenvalue weighted by atomic mass is 10.0. The minimum absolute atomic E-state index is 0.412. The van der Waals surface area contributed by atoms with Crippen molar-refractivity contribution in [1.82, 2.24) is 4.90 Å². The number of oxime groups is 1. The number of carbonyl (C=O) groups is 1.